The zero-order chi connectivity index (χ0) is 15.4. The number of hydrogen-bond acceptors (Lipinski definition) is 4. The number of methoxy groups -OCH3 is 1. The van der Waals surface area contributed by atoms with Gasteiger partial charge in [0.15, 0.2) is 0 Å². The van der Waals surface area contributed by atoms with Crippen molar-refractivity contribution in [2.24, 2.45) is 0 Å². The maximum absolute atomic E-state index is 12.6. The van der Waals surface area contributed by atoms with Gasteiger partial charge in [-0.25, -0.2) is 0 Å². The quantitative estimate of drug-likeness (QED) is 0.870. The van der Waals surface area contributed by atoms with Crippen LogP contribution in [0.25, 0.3) is 0 Å². The first-order valence-electron chi connectivity index (χ1n) is 7.22. The van der Waals surface area contributed by atoms with Crippen molar-refractivity contribution in [3.05, 3.63) is 59.9 Å². The molecule has 1 fully saturated rings. The van der Waals surface area contributed by atoms with Crippen LogP contribution in [0.2, 0.25) is 0 Å². The third-order valence-electron chi connectivity index (χ3n) is 3.72. The Labute approximate surface area is 134 Å². The zero-order valence-corrected chi connectivity index (χ0v) is 13.3. The minimum atomic E-state index is 0.105. The van der Waals surface area contributed by atoms with Crippen molar-refractivity contribution >= 4 is 17.7 Å². The Morgan fingerprint density at radius 1 is 1.27 bits per heavy atom. The number of amides is 1. The van der Waals surface area contributed by atoms with Gasteiger partial charge in [0.05, 0.1) is 13.5 Å². The van der Waals surface area contributed by atoms with Crippen molar-refractivity contribution < 1.29 is 9.53 Å². The number of carbonyl (C=O) groups excluding carboxylic acids is 1. The molecule has 0 radical (unpaired) electrons. The standard InChI is InChI=1S/C17H18N2O2S/c1-21-15-4-2-13(3-5-15)12-16(20)19-10-11-22-17(19)14-6-8-18-9-7-14/h2-9,17H,10-12H2,1H3. The topological polar surface area (TPSA) is 42.4 Å². The molecule has 1 unspecified atom stereocenters. The van der Waals surface area contributed by atoms with Gasteiger partial charge in [0, 0.05) is 24.7 Å². The maximum atomic E-state index is 12.6. The molecule has 1 amide bonds. The fourth-order valence-electron chi connectivity index (χ4n) is 2.55. The van der Waals surface area contributed by atoms with Gasteiger partial charge in [0.1, 0.15) is 11.1 Å². The van der Waals surface area contributed by atoms with E-state index in [0.717, 1.165) is 29.2 Å². The molecule has 0 saturated carbocycles. The van der Waals surface area contributed by atoms with Crippen molar-refractivity contribution in [3.8, 4) is 5.75 Å². The summed E-state index contributed by atoms with van der Waals surface area (Å²) in [5.74, 6) is 1.95. The lowest BCUT2D eigenvalue weighted by Crippen LogP contribution is -2.31. The summed E-state index contributed by atoms with van der Waals surface area (Å²) in [6.45, 7) is 0.798. The van der Waals surface area contributed by atoms with Gasteiger partial charge in [-0.2, -0.15) is 0 Å². The molecule has 2 heterocycles. The fraction of sp³-hybridized carbons (Fsp3) is 0.294. The highest BCUT2D eigenvalue weighted by Crippen LogP contribution is 2.37. The summed E-state index contributed by atoms with van der Waals surface area (Å²) < 4.78 is 5.14. The lowest BCUT2D eigenvalue weighted by molar-refractivity contribution is -0.130. The summed E-state index contributed by atoms with van der Waals surface area (Å²) >= 11 is 1.81. The Morgan fingerprint density at radius 3 is 2.68 bits per heavy atom. The van der Waals surface area contributed by atoms with Gasteiger partial charge in [0.2, 0.25) is 5.91 Å². The first-order valence-corrected chi connectivity index (χ1v) is 8.27. The predicted molar refractivity (Wildman–Crippen MR) is 87.8 cm³/mol. The average molecular weight is 314 g/mol. The summed E-state index contributed by atoms with van der Waals surface area (Å²) in [6, 6.07) is 11.6. The molecule has 22 heavy (non-hydrogen) atoms. The van der Waals surface area contributed by atoms with Crippen LogP contribution in [0, 0.1) is 0 Å². The first-order chi connectivity index (χ1) is 10.8. The molecule has 5 heteroatoms. The molecule has 0 aliphatic carbocycles. The summed E-state index contributed by atoms with van der Waals surface area (Å²) in [7, 11) is 1.64. The van der Waals surface area contributed by atoms with E-state index in [4.69, 9.17) is 4.74 Å². The fourth-order valence-corrected chi connectivity index (χ4v) is 3.83. The second kappa shape index (κ2) is 6.83. The molecule has 1 aliphatic heterocycles. The number of thioether (sulfide) groups is 1. The van der Waals surface area contributed by atoms with Crippen LogP contribution in [0.5, 0.6) is 5.75 Å². The van der Waals surface area contributed by atoms with E-state index in [2.05, 4.69) is 4.98 Å². The van der Waals surface area contributed by atoms with E-state index < -0.39 is 0 Å². The minimum Gasteiger partial charge on any atom is -0.497 e. The molecule has 1 aliphatic rings. The van der Waals surface area contributed by atoms with Crippen LogP contribution >= 0.6 is 11.8 Å². The Kier molecular flexibility index (Phi) is 4.63. The molecule has 0 bridgehead atoms. The number of nitrogens with zero attached hydrogens (tertiary/aromatic N) is 2. The molecule has 1 saturated heterocycles. The molecule has 3 rings (SSSR count). The van der Waals surface area contributed by atoms with Gasteiger partial charge in [-0.15, -0.1) is 11.8 Å². The van der Waals surface area contributed by atoms with Crippen LogP contribution in [-0.2, 0) is 11.2 Å². The first kappa shape index (κ1) is 14.9. The van der Waals surface area contributed by atoms with Crippen LogP contribution in [-0.4, -0.2) is 35.2 Å². The van der Waals surface area contributed by atoms with Crippen LogP contribution in [0.1, 0.15) is 16.5 Å². The number of ether oxygens (including phenoxy) is 1. The molecular formula is C17H18N2O2S. The third-order valence-corrected chi connectivity index (χ3v) is 4.98. The highest BCUT2D eigenvalue weighted by atomic mass is 32.2. The van der Waals surface area contributed by atoms with Gasteiger partial charge >= 0.3 is 0 Å². The van der Waals surface area contributed by atoms with Crippen molar-refractivity contribution in [2.45, 2.75) is 11.8 Å². The molecular weight excluding hydrogens is 296 g/mol. The van der Waals surface area contributed by atoms with Crippen LogP contribution in [0.15, 0.2) is 48.8 Å². The van der Waals surface area contributed by atoms with Crippen LogP contribution in [0.4, 0.5) is 0 Å². The lowest BCUT2D eigenvalue weighted by atomic mass is 10.1. The van der Waals surface area contributed by atoms with E-state index >= 15 is 0 Å². The second-order valence-corrected chi connectivity index (χ2v) is 6.30. The van der Waals surface area contributed by atoms with Crippen LogP contribution in [0.3, 0.4) is 0 Å². The Bertz CT molecular complexity index is 631. The van der Waals surface area contributed by atoms with Gasteiger partial charge in [-0.05, 0) is 35.4 Å². The molecule has 0 spiro atoms. The summed E-state index contributed by atoms with van der Waals surface area (Å²) in [5.41, 5.74) is 2.15. The summed E-state index contributed by atoms with van der Waals surface area (Å²) in [4.78, 5) is 18.6. The summed E-state index contributed by atoms with van der Waals surface area (Å²) in [6.07, 6.45) is 3.98. The van der Waals surface area contributed by atoms with E-state index in [1.807, 2.05) is 41.3 Å². The minimum absolute atomic E-state index is 0.105. The van der Waals surface area contributed by atoms with E-state index in [9.17, 15) is 4.79 Å². The van der Waals surface area contributed by atoms with E-state index in [1.165, 1.54) is 0 Å². The number of benzene rings is 1. The second-order valence-electron chi connectivity index (χ2n) is 5.12. The Morgan fingerprint density at radius 2 is 2.00 bits per heavy atom. The van der Waals surface area contributed by atoms with Crippen molar-refractivity contribution in [1.82, 2.24) is 9.88 Å². The Balaban J connectivity index is 1.70. The SMILES string of the molecule is COc1ccc(CC(=O)N2CCSC2c2ccncc2)cc1. The smallest absolute Gasteiger partial charge is 0.228 e. The van der Waals surface area contributed by atoms with Gasteiger partial charge in [-0.1, -0.05) is 12.1 Å². The van der Waals surface area contributed by atoms with Crippen molar-refractivity contribution in [2.75, 3.05) is 19.4 Å². The number of pyridine rings is 1. The van der Waals surface area contributed by atoms with Gasteiger partial charge in [-0.3, -0.25) is 9.78 Å². The highest BCUT2D eigenvalue weighted by molar-refractivity contribution is 7.99. The largest absolute Gasteiger partial charge is 0.497 e. The van der Waals surface area contributed by atoms with Crippen molar-refractivity contribution in [1.29, 1.82) is 0 Å². The number of carbonyl (C=O) groups is 1. The average Bonchev–Trinajstić information content (AvgIpc) is 3.06. The Hall–Kier alpha value is -2.01. The lowest BCUT2D eigenvalue weighted by Gasteiger charge is -2.24. The molecule has 0 N–H and O–H groups in total. The highest BCUT2D eigenvalue weighted by Gasteiger charge is 2.30. The number of aromatic nitrogens is 1. The monoisotopic (exact) mass is 314 g/mol. The van der Waals surface area contributed by atoms with Gasteiger partial charge in [0.25, 0.3) is 0 Å². The van der Waals surface area contributed by atoms with E-state index in [0.29, 0.717) is 6.42 Å². The molecule has 2 aromatic rings. The number of rotatable bonds is 4. The zero-order valence-electron chi connectivity index (χ0n) is 12.4. The van der Waals surface area contributed by atoms with Crippen molar-refractivity contribution in [3.63, 3.8) is 0 Å². The van der Waals surface area contributed by atoms with Gasteiger partial charge < -0.3 is 9.64 Å². The summed E-state index contributed by atoms with van der Waals surface area (Å²) in [5, 5.41) is 0.105. The number of hydrogen-bond donors (Lipinski definition) is 0. The molecule has 1 aromatic heterocycles. The van der Waals surface area contributed by atoms with E-state index in [1.54, 1.807) is 31.3 Å². The molecule has 1 aromatic carbocycles. The maximum Gasteiger partial charge on any atom is 0.228 e. The predicted octanol–water partition coefficient (Wildman–Crippen LogP) is 2.91. The molecule has 1 atom stereocenters. The normalized spacial score (nSPS) is 17.5. The molecule has 114 valence electrons. The molecule has 4 nitrogen and oxygen atoms in total. The van der Waals surface area contributed by atoms with Crippen LogP contribution < -0.4 is 4.74 Å². The van der Waals surface area contributed by atoms with E-state index in [-0.39, 0.29) is 11.3 Å². The third kappa shape index (κ3) is 3.25.